The van der Waals surface area contributed by atoms with Gasteiger partial charge in [0.2, 0.25) is 0 Å². The number of aliphatic hydroxyl groups is 1. The molecule has 0 fully saturated rings. The molecule has 22 heavy (non-hydrogen) atoms. The van der Waals surface area contributed by atoms with Crippen molar-refractivity contribution in [1.82, 2.24) is 10.6 Å². The van der Waals surface area contributed by atoms with Gasteiger partial charge in [0.1, 0.15) is 11.6 Å². The molecule has 2 amide bonds. The van der Waals surface area contributed by atoms with E-state index in [4.69, 9.17) is 9.84 Å². The minimum Gasteiger partial charge on any atom is -0.493 e. The number of benzene rings is 1. The summed E-state index contributed by atoms with van der Waals surface area (Å²) in [5, 5.41) is 14.6. The molecule has 122 valence electrons. The van der Waals surface area contributed by atoms with E-state index in [2.05, 4.69) is 10.6 Å². The number of hydrogen-bond acceptors (Lipinski definition) is 3. The number of hydrogen-bond donors (Lipinski definition) is 3. The highest BCUT2D eigenvalue weighted by molar-refractivity contribution is 5.74. The lowest BCUT2D eigenvalue weighted by Crippen LogP contribution is -2.42. The Labute approximate surface area is 129 Å². The standard InChI is InChI=1S/C16H23FN2O3/c1-11(4-2-8-20)18-16(21)19-14-5-3-9-22-15-10-12(17)6-7-13(14)15/h6-7,10-11,14,20H,2-5,8-9H2,1H3,(H2,18,19,21). The van der Waals surface area contributed by atoms with Crippen molar-refractivity contribution in [2.45, 2.75) is 44.7 Å². The van der Waals surface area contributed by atoms with Crippen molar-refractivity contribution in [3.8, 4) is 5.75 Å². The first kappa shape index (κ1) is 16.5. The Hall–Kier alpha value is -1.82. The quantitative estimate of drug-likeness (QED) is 0.782. The maximum atomic E-state index is 13.3. The van der Waals surface area contributed by atoms with E-state index in [1.807, 2.05) is 6.92 Å². The van der Waals surface area contributed by atoms with Crippen LogP contribution in [-0.4, -0.2) is 30.4 Å². The molecule has 5 nitrogen and oxygen atoms in total. The van der Waals surface area contributed by atoms with Gasteiger partial charge in [0.25, 0.3) is 0 Å². The summed E-state index contributed by atoms with van der Waals surface area (Å²) < 4.78 is 18.8. The van der Waals surface area contributed by atoms with E-state index in [1.54, 1.807) is 6.07 Å². The SMILES string of the molecule is CC(CCCO)NC(=O)NC1CCCOc2cc(F)ccc21. The van der Waals surface area contributed by atoms with Crippen molar-refractivity contribution in [1.29, 1.82) is 0 Å². The predicted molar refractivity (Wildman–Crippen MR) is 81.3 cm³/mol. The molecule has 1 heterocycles. The number of nitrogens with one attached hydrogen (secondary N) is 2. The summed E-state index contributed by atoms with van der Waals surface area (Å²) >= 11 is 0. The van der Waals surface area contributed by atoms with Gasteiger partial charge in [-0.15, -0.1) is 0 Å². The van der Waals surface area contributed by atoms with Crippen LogP contribution in [0, 0.1) is 5.82 Å². The van der Waals surface area contributed by atoms with Gasteiger partial charge in [-0.3, -0.25) is 0 Å². The average Bonchev–Trinajstić information content (AvgIpc) is 2.67. The maximum Gasteiger partial charge on any atom is 0.315 e. The summed E-state index contributed by atoms with van der Waals surface area (Å²) in [6, 6.07) is 3.94. The number of halogens is 1. The summed E-state index contributed by atoms with van der Waals surface area (Å²) in [4.78, 5) is 12.1. The molecule has 0 aromatic heterocycles. The van der Waals surface area contributed by atoms with Gasteiger partial charge in [-0.25, -0.2) is 9.18 Å². The summed E-state index contributed by atoms with van der Waals surface area (Å²) in [5.41, 5.74) is 0.803. The molecule has 0 aliphatic carbocycles. The molecule has 2 unspecified atom stereocenters. The molecule has 0 saturated heterocycles. The highest BCUT2D eigenvalue weighted by Gasteiger charge is 2.22. The summed E-state index contributed by atoms with van der Waals surface area (Å²) in [6.07, 6.45) is 2.92. The predicted octanol–water partition coefficient (Wildman–Crippen LogP) is 2.50. The van der Waals surface area contributed by atoms with Gasteiger partial charge in [0.05, 0.1) is 12.6 Å². The van der Waals surface area contributed by atoms with Crippen LogP contribution in [0.2, 0.25) is 0 Å². The van der Waals surface area contributed by atoms with E-state index >= 15 is 0 Å². The van der Waals surface area contributed by atoms with E-state index < -0.39 is 0 Å². The normalized spacial score (nSPS) is 18.6. The first-order valence-corrected chi connectivity index (χ1v) is 7.70. The van der Waals surface area contributed by atoms with Crippen molar-refractivity contribution in [2.24, 2.45) is 0 Å². The van der Waals surface area contributed by atoms with Crippen molar-refractivity contribution in [3.05, 3.63) is 29.6 Å². The molecule has 2 atom stereocenters. The number of aliphatic hydroxyl groups excluding tert-OH is 1. The van der Waals surface area contributed by atoms with Crippen LogP contribution in [-0.2, 0) is 0 Å². The highest BCUT2D eigenvalue weighted by atomic mass is 19.1. The summed E-state index contributed by atoms with van der Waals surface area (Å²) in [6.45, 7) is 2.53. The van der Waals surface area contributed by atoms with E-state index in [1.165, 1.54) is 12.1 Å². The molecule has 1 aromatic rings. The van der Waals surface area contributed by atoms with Gasteiger partial charge in [-0.1, -0.05) is 6.07 Å². The van der Waals surface area contributed by atoms with E-state index in [0.29, 0.717) is 18.8 Å². The lowest BCUT2D eigenvalue weighted by molar-refractivity contribution is 0.230. The molecule has 6 heteroatoms. The van der Waals surface area contributed by atoms with Crippen molar-refractivity contribution in [2.75, 3.05) is 13.2 Å². The van der Waals surface area contributed by atoms with Crippen LogP contribution in [0.4, 0.5) is 9.18 Å². The van der Waals surface area contributed by atoms with Crippen LogP contribution < -0.4 is 15.4 Å². The smallest absolute Gasteiger partial charge is 0.315 e. The Bertz CT molecular complexity index is 510. The van der Waals surface area contributed by atoms with Crippen LogP contribution in [0.15, 0.2) is 18.2 Å². The molecule has 1 aliphatic heterocycles. The Morgan fingerprint density at radius 3 is 3.14 bits per heavy atom. The van der Waals surface area contributed by atoms with Crippen LogP contribution >= 0.6 is 0 Å². The fraction of sp³-hybridized carbons (Fsp3) is 0.562. The highest BCUT2D eigenvalue weighted by Crippen LogP contribution is 2.31. The molecular weight excluding hydrogens is 287 g/mol. The van der Waals surface area contributed by atoms with Crippen LogP contribution in [0.5, 0.6) is 5.75 Å². The Kier molecular flexibility index (Phi) is 6.00. The molecule has 0 bridgehead atoms. The topological polar surface area (TPSA) is 70.6 Å². The van der Waals surface area contributed by atoms with E-state index in [-0.39, 0.29) is 30.5 Å². The molecule has 0 saturated carbocycles. The van der Waals surface area contributed by atoms with Gasteiger partial charge in [-0.2, -0.15) is 0 Å². The van der Waals surface area contributed by atoms with E-state index in [0.717, 1.165) is 24.8 Å². The van der Waals surface area contributed by atoms with E-state index in [9.17, 15) is 9.18 Å². The second-order valence-electron chi connectivity index (χ2n) is 5.61. The van der Waals surface area contributed by atoms with Gasteiger partial charge >= 0.3 is 6.03 Å². The molecule has 0 radical (unpaired) electrons. The third-order valence-corrected chi connectivity index (χ3v) is 3.72. The van der Waals surface area contributed by atoms with Gasteiger partial charge in [0, 0.05) is 24.3 Å². The first-order valence-electron chi connectivity index (χ1n) is 7.70. The second-order valence-corrected chi connectivity index (χ2v) is 5.61. The third kappa shape index (κ3) is 4.59. The minimum absolute atomic E-state index is 0.0122. The summed E-state index contributed by atoms with van der Waals surface area (Å²) in [5.74, 6) is 0.151. The van der Waals surface area contributed by atoms with Crippen LogP contribution in [0.25, 0.3) is 0 Å². The van der Waals surface area contributed by atoms with Crippen molar-refractivity contribution >= 4 is 6.03 Å². The minimum atomic E-state index is -0.346. The number of rotatable bonds is 5. The number of carbonyl (C=O) groups is 1. The lowest BCUT2D eigenvalue weighted by atomic mass is 10.0. The molecule has 0 spiro atoms. The fourth-order valence-electron chi connectivity index (χ4n) is 2.59. The number of fused-ring (bicyclic) bond motifs is 1. The average molecular weight is 310 g/mol. The number of carbonyl (C=O) groups excluding carboxylic acids is 1. The second kappa shape index (κ2) is 7.98. The zero-order chi connectivity index (χ0) is 15.9. The van der Waals surface area contributed by atoms with Gasteiger partial charge in [-0.05, 0) is 38.7 Å². The number of ether oxygens (including phenoxy) is 1. The zero-order valence-electron chi connectivity index (χ0n) is 12.8. The third-order valence-electron chi connectivity index (χ3n) is 3.72. The largest absolute Gasteiger partial charge is 0.493 e. The molecule has 1 aliphatic rings. The lowest BCUT2D eigenvalue weighted by Gasteiger charge is -2.21. The number of urea groups is 1. The number of amides is 2. The maximum absolute atomic E-state index is 13.3. The van der Waals surface area contributed by atoms with Crippen molar-refractivity contribution in [3.63, 3.8) is 0 Å². The van der Waals surface area contributed by atoms with Crippen LogP contribution in [0.3, 0.4) is 0 Å². The van der Waals surface area contributed by atoms with Crippen molar-refractivity contribution < 1.29 is 19.0 Å². The zero-order valence-corrected chi connectivity index (χ0v) is 12.8. The monoisotopic (exact) mass is 310 g/mol. The molecule has 3 N–H and O–H groups in total. The Balaban J connectivity index is 1.99. The molecule has 2 rings (SSSR count). The molecular formula is C16H23FN2O3. The van der Waals surface area contributed by atoms with Crippen LogP contribution in [0.1, 0.15) is 44.2 Å². The Morgan fingerprint density at radius 1 is 1.55 bits per heavy atom. The summed E-state index contributed by atoms with van der Waals surface area (Å²) in [7, 11) is 0. The van der Waals surface area contributed by atoms with Gasteiger partial charge in [0.15, 0.2) is 0 Å². The fourth-order valence-corrected chi connectivity index (χ4v) is 2.59. The first-order chi connectivity index (χ1) is 10.6. The van der Waals surface area contributed by atoms with Gasteiger partial charge < -0.3 is 20.5 Å². The molecule has 1 aromatic carbocycles. The Morgan fingerprint density at radius 2 is 2.36 bits per heavy atom.